The number of carbonyl (C=O) groups is 2. The molecule has 10 nitrogen and oxygen atoms in total. The first kappa shape index (κ1) is 29.0. The third-order valence-corrected chi connectivity index (χ3v) is 8.23. The fourth-order valence-corrected chi connectivity index (χ4v) is 5.95. The van der Waals surface area contributed by atoms with E-state index in [9.17, 15) is 14.7 Å². The van der Waals surface area contributed by atoms with Gasteiger partial charge in [-0.15, -0.1) is 0 Å². The molecule has 0 bridgehead atoms. The van der Waals surface area contributed by atoms with Gasteiger partial charge in [-0.1, -0.05) is 29.8 Å². The molecule has 3 aromatic carbocycles. The number of methoxy groups -OCH3 is 1. The molecule has 0 unspecified atom stereocenters. The number of anilines is 2. The van der Waals surface area contributed by atoms with Crippen molar-refractivity contribution in [1.29, 1.82) is 0 Å². The van der Waals surface area contributed by atoms with E-state index in [1.807, 2.05) is 11.0 Å². The van der Waals surface area contributed by atoms with Gasteiger partial charge in [0.1, 0.15) is 17.3 Å². The van der Waals surface area contributed by atoms with Crippen molar-refractivity contribution in [2.75, 3.05) is 76.2 Å². The highest BCUT2D eigenvalue weighted by Crippen LogP contribution is 2.41. The maximum absolute atomic E-state index is 15.5. The number of fused-ring (bicyclic) bond motifs is 1. The van der Waals surface area contributed by atoms with E-state index in [1.165, 1.54) is 4.90 Å². The van der Waals surface area contributed by atoms with E-state index in [1.54, 1.807) is 37.4 Å². The number of halogens is 2. The predicted octanol–water partition coefficient (Wildman–Crippen LogP) is 4.52. The lowest BCUT2D eigenvalue weighted by Crippen LogP contribution is -2.38. The number of amides is 1. The minimum Gasteiger partial charge on any atom is -0.495 e. The van der Waals surface area contributed by atoms with Gasteiger partial charge in [0.05, 0.1) is 67.6 Å². The van der Waals surface area contributed by atoms with Crippen LogP contribution >= 0.6 is 11.6 Å². The molecule has 1 N–H and O–H groups in total. The summed E-state index contributed by atoms with van der Waals surface area (Å²) in [5.74, 6) is -1.25. The van der Waals surface area contributed by atoms with E-state index in [0.717, 1.165) is 11.8 Å². The molecule has 0 atom stereocenters. The normalized spacial score (nSPS) is 16.9. The maximum Gasteiger partial charge on any atom is 0.337 e. The third kappa shape index (κ3) is 5.67. The summed E-state index contributed by atoms with van der Waals surface area (Å²) in [6.07, 6.45) is 0. The molecular weight excluding hydrogens is 581 g/mol. The van der Waals surface area contributed by atoms with Crippen LogP contribution in [-0.4, -0.2) is 88.3 Å². The lowest BCUT2D eigenvalue weighted by atomic mass is 9.97. The zero-order valence-corrected chi connectivity index (χ0v) is 24.4. The molecule has 1 amide bonds. The number of hydrogen-bond donors (Lipinski definition) is 1. The molecule has 0 aliphatic carbocycles. The van der Waals surface area contributed by atoms with Crippen molar-refractivity contribution in [3.8, 4) is 22.6 Å². The zero-order chi connectivity index (χ0) is 30.1. The lowest BCUT2D eigenvalue weighted by Gasteiger charge is -2.32. The number of benzene rings is 3. The molecule has 2 saturated heterocycles. The second-order valence-electron chi connectivity index (χ2n) is 10.4. The first-order valence-corrected chi connectivity index (χ1v) is 14.4. The van der Waals surface area contributed by atoms with Crippen LogP contribution in [0.15, 0.2) is 42.5 Å². The van der Waals surface area contributed by atoms with Gasteiger partial charge >= 0.3 is 5.97 Å². The van der Waals surface area contributed by atoms with Gasteiger partial charge in [0.15, 0.2) is 6.73 Å². The van der Waals surface area contributed by atoms with Crippen molar-refractivity contribution in [3.05, 3.63) is 70.0 Å². The van der Waals surface area contributed by atoms with Gasteiger partial charge in [0.25, 0.3) is 5.91 Å². The molecule has 0 spiro atoms. The topological polar surface area (TPSA) is 101 Å². The Bertz CT molecular complexity index is 1560. The molecule has 3 aliphatic heterocycles. The second-order valence-corrected chi connectivity index (χ2v) is 10.8. The van der Waals surface area contributed by atoms with Gasteiger partial charge in [0, 0.05) is 42.9 Å². The first-order chi connectivity index (χ1) is 20.9. The number of carbonyl (C=O) groups excluding carboxylic acids is 1. The number of carboxylic acid groups (broad SMARTS) is 1. The van der Waals surface area contributed by atoms with E-state index in [0.29, 0.717) is 85.9 Å². The van der Waals surface area contributed by atoms with Crippen molar-refractivity contribution in [2.24, 2.45) is 0 Å². The Kier molecular flexibility index (Phi) is 8.29. The summed E-state index contributed by atoms with van der Waals surface area (Å²) in [7, 11) is 1.55. The number of rotatable bonds is 6. The number of ether oxygens (including phenoxy) is 4. The maximum atomic E-state index is 15.5. The molecule has 226 valence electrons. The van der Waals surface area contributed by atoms with Crippen LogP contribution in [0.2, 0.25) is 5.02 Å². The van der Waals surface area contributed by atoms with Crippen molar-refractivity contribution in [1.82, 2.24) is 4.90 Å². The molecule has 3 aromatic rings. The number of nitrogens with zero attached hydrogens (tertiary/aromatic N) is 3. The van der Waals surface area contributed by atoms with E-state index < -0.39 is 11.8 Å². The third-order valence-electron chi connectivity index (χ3n) is 7.92. The first-order valence-electron chi connectivity index (χ1n) is 14.0. The fourth-order valence-electron chi connectivity index (χ4n) is 5.71. The Morgan fingerprint density at radius 3 is 2.23 bits per heavy atom. The highest BCUT2D eigenvalue weighted by Gasteiger charge is 2.30. The Hall–Kier alpha value is -4.06. The van der Waals surface area contributed by atoms with Gasteiger partial charge in [0.2, 0.25) is 0 Å². The van der Waals surface area contributed by atoms with E-state index in [4.69, 9.17) is 30.5 Å². The summed E-state index contributed by atoms with van der Waals surface area (Å²) < 4.78 is 38.0. The molecular formula is C31H31ClFN3O7. The number of hydrogen-bond acceptors (Lipinski definition) is 8. The Labute approximate surface area is 253 Å². The van der Waals surface area contributed by atoms with E-state index in [2.05, 4.69) is 4.90 Å². The Morgan fingerprint density at radius 1 is 0.907 bits per heavy atom. The second kappa shape index (κ2) is 12.3. The monoisotopic (exact) mass is 611 g/mol. The quantitative estimate of drug-likeness (QED) is 0.431. The summed E-state index contributed by atoms with van der Waals surface area (Å²) in [4.78, 5) is 31.1. The average molecular weight is 612 g/mol. The smallest absolute Gasteiger partial charge is 0.337 e. The van der Waals surface area contributed by atoms with Crippen LogP contribution in [0.5, 0.6) is 11.5 Å². The van der Waals surface area contributed by atoms with Crippen LogP contribution in [0.1, 0.15) is 26.3 Å². The minimum atomic E-state index is -1.21. The largest absolute Gasteiger partial charge is 0.495 e. The molecule has 0 radical (unpaired) electrons. The van der Waals surface area contributed by atoms with Gasteiger partial charge in [-0.05, 0) is 24.3 Å². The van der Waals surface area contributed by atoms with Crippen molar-refractivity contribution in [2.45, 2.75) is 6.54 Å². The molecule has 2 fully saturated rings. The van der Waals surface area contributed by atoms with Crippen LogP contribution < -0.4 is 19.3 Å². The summed E-state index contributed by atoms with van der Waals surface area (Å²) in [6, 6.07) is 11.3. The molecule has 12 heteroatoms. The van der Waals surface area contributed by atoms with Gasteiger partial charge in [-0.3, -0.25) is 4.79 Å². The fraction of sp³-hybridized carbons (Fsp3) is 0.355. The van der Waals surface area contributed by atoms with Crippen LogP contribution in [0, 0.1) is 5.82 Å². The Balaban J connectivity index is 1.29. The van der Waals surface area contributed by atoms with E-state index in [-0.39, 0.29) is 35.9 Å². The molecule has 3 aliphatic rings. The van der Waals surface area contributed by atoms with Gasteiger partial charge in [-0.25, -0.2) is 9.18 Å². The number of morpholine rings is 2. The SMILES string of the molecule is COc1cc(C(=O)N2COc3c(cccc3-c3cc(N4CCOCC4)c(C(=O)O)cc3F)C2)c(Cl)cc1N1CCOCC1. The van der Waals surface area contributed by atoms with Crippen LogP contribution in [0.3, 0.4) is 0 Å². The summed E-state index contributed by atoms with van der Waals surface area (Å²) in [5.41, 5.74) is 2.75. The summed E-state index contributed by atoms with van der Waals surface area (Å²) >= 11 is 6.63. The van der Waals surface area contributed by atoms with Gasteiger partial charge < -0.3 is 38.8 Å². The predicted molar refractivity (Wildman–Crippen MR) is 158 cm³/mol. The standard InChI is InChI=1S/C31H31ClFN3O7/c1-40-28-15-22(24(32)16-27(28)35-7-11-42-12-8-35)30(37)36-17-19-3-2-4-20(29(19)43-18-36)21-14-26(34-5-9-41-10-6-34)23(31(38)39)13-25(21)33/h2-4,13-16H,5-12,17-18H2,1H3,(H,38,39). The Morgan fingerprint density at radius 2 is 1.58 bits per heavy atom. The van der Waals surface area contributed by atoms with E-state index >= 15 is 4.39 Å². The van der Waals surface area contributed by atoms with Crippen molar-refractivity contribution < 1.29 is 38.0 Å². The number of carboxylic acids is 1. The highest BCUT2D eigenvalue weighted by molar-refractivity contribution is 6.34. The number of aromatic carboxylic acids is 1. The minimum absolute atomic E-state index is 0.0855. The lowest BCUT2D eigenvalue weighted by molar-refractivity contribution is 0.0515. The van der Waals surface area contributed by atoms with Gasteiger partial charge in [-0.2, -0.15) is 0 Å². The summed E-state index contributed by atoms with van der Waals surface area (Å²) in [5, 5.41) is 10.1. The van der Waals surface area contributed by atoms with Crippen LogP contribution in [0.4, 0.5) is 15.8 Å². The van der Waals surface area contributed by atoms with Crippen molar-refractivity contribution >= 4 is 34.9 Å². The molecule has 3 heterocycles. The number of para-hydroxylation sites is 1. The molecule has 6 rings (SSSR count). The summed E-state index contributed by atoms with van der Waals surface area (Å²) in [6.45, 7) is 4.57. The highest BCUT2D eigenvalue weighted by atomic mass is 35.5. The molecule has 43 heavy (non-hydrogen) atoms. The zero-order valence-electron chi connectivity index (χ0n) is 23.6. The average Bonchev–Trinajstić information content (AvgIpc) is 3.04. The molecule has 0 saturated carbocycles. The molecule has 0 aromatic heterocycles. The van der Waals surface area contributed by atoms with Crippen LogP contribution in [-0.2, 0) is 16.0 Å². The van der Waals surface area contributed by atoms with Crippen molar-refractivity contribution in [3.63, 3.8) is 0 Å². The van der Waals surface area contributed by atoms with Crippen LogP contribution in [0.25, 0.3) is 11.1 Å².